The molecule has 0 amide bonds. The number of hydrogen-bond donors (Lipinski definition) is 1. The first-order chi connectivity index (χ1) is 5.20. The minimum absolute atomic E-state index is 0.116. The van der Waals surface area contributed by atoms with Crippen molar-refractivity contribution in [1.82, 2.24) is 5.32 Å². The fourth-order valence-electron chi connectivity index (χ4n) is 0.809. The fourth-order valence-corrected chi connectivity index (χ4v) is 0.809. The predicted molar refractivity (Wildman–Crippen MR) is 47.3 cm³/mol. The first kappa shape index (κ1) is 10.2. The van der Waals surface area contributed by atoms with E-state index in [4.69, 9.17) is 0 Å². The van der Waals surface area contributed by atoms with Gasteiger partial charge in [-0.15, -0.1) is 0 Å². The fraction of sp³-hybridized carbons (Fsp3) is 0.667. The molecule has 0 atom stereocenters. The molecule has 0 aliphatic carbocycles. The van der Waals surface area contributed by atoms with Crippen molar-refractivity contribution in [3.63, 3.8) is 0 Å². The number of allylic oxidation sites excluding steroid dienone is 2. The van der Waals surface area contributed by atoms with Gasteiger partial charge < -0.3 is 5.32 Å². The van der Waals surface area contributed by atoms with Gasteiger partial charge in [0.15, 0.2) is 5.78 Å². The first-order valence-electron chi connectivity index (χ1n) is 4.15. The number of rotatable bonds is 5. The highest BCUT2D eigenvalue weighted by Gasteiger charge is 1.93. The second-order valence-corrected chi connectivity index (χ2v) is 2.56. The first-order valence-corrected chi connectivity index (χ1v) is 4.15. The van der Waals surface area contributed by atoms with Gasteiger partial charge in [0.05, 0.1) is 0 Å². The molecule has 0 aromatic heterocycles. The summed E-state index contributed by atoms with van der Waals surface area (Å²) in [6, 6.07) is 0. The van der Waals surface area contributed by atoms with Crippen LogP contribution in [0.5, 0.6) is 0 Å². The SMILES string of the molecule is CCCNC(=CC(C)=O)CC. The molecule has 0 aliphatic rings. The molecule has 0 saturated heterocycles. The van der Waals surface area contributed by atoms with Gasteiger partial charge in [0.1, 0.15) is 0 Å². The van der Waals surface area contributed by atoms with Crippen LogP contribution in [0.3, 0.4) is 0 Å². The standard InChI is InChI=1S/C9H17NO/c1-4-6-10-9(5-2)7-8(3)11/h7,10H,4-6H2,1-3H3. The lowest BCUT2D eigenvalue weighted by molar-refractivity contribution is -0.112. The lowest BCUT2D eigenvalue weighted by Crippen LogP contribution is -2.14. The van der Waals surface area contributed by atoms with Crippen molar-refractivity contribution in [2.45, 2.75) is 33.6 Å². The molecule has 0 aromatic rings. The Kier molecular flexibility index (Phi) is 5.53. The highest BCUT2D eigenvalue weighted by atomic mass is 16.1. The zero-order valence-corrected chi connectivity index (χ0v) is 7.61. The summed E-state index contributed by atoms with van der Waals surface area (Å²) in [6.45, 7) is 6.67. The van der Waals surface area contributed by atoms with Gasteiger partial charge >= 0.3 is 0 Å². The van der Waals surface area contributed by atoms with Crippen LogP contribution in [0.1, 0.15) is 33.6 Å². The van der Waals surface area contributed by atoms with E-state index in [0.717, 1.165) is 25.1 Å². The molecule has 0 radical (unpaired) electrons. The van der Waals surface area contributed by atoms with Crippen molar-refractivity contribution in [3.8, 4) is 0 Å². The quantitative estimate of drug-likeness (QED) is 0.614. The third-order valence-corrected chi connectivity index (χ3v) is 1.36. The Morgan fingerprint density at radius 3 is 2.45 bits per heavy atom. The van der Waals surface area contributed by atoms with E-state index in [1.807, 2.05) is 6.92 Å². The van der Waals surface area contributed by atoms with Crippen LogP contribution in [0, 0.1) is 0 Å². The lowest BCUT2D eigenvalue weighted by Gasteiger charge is -2.05. The summed E-state index contributed by atoms with van der Waals surface area (Å²) in [5, 5.41) is 3.19. The van der Waals surface area contributed by atoms with Gasteiger partial charge in [-0.3, -0.25) is 4.79 Å². The number of nitrogens with one attached hydrogen (secondary N) is 1. The number of ketones is 1. The summed E-state index contributed by atoms with van der Waals surface area (Å²) < 4.78 is 0. The van der Waals surface area contributed by atoms with E-state index in [9.17, 15) is 4.79 Å². The van der Waals surface area contributed by atoms with E-state index < -0.39 is 0 Å². The summed E-state index contributed by atoms with van der Waals surface area (Å²) in [4.78, 5) is 10.7. The number of carbonyl (C=O) groups is 1. The lowest BCUT2D eigenvalue weighted by atomic mass is 10.2. The van der Waals surface area contributed by atoms with Gasteiger partial charge in [-0.25, -0.2) is 0 Å². The van der Waals surface area contributed by atoms with Crippen molar-refractivity contribution < 1.29 is 4.79 Å². The van der Waals surface area contributed by atoms with Gasteiger partial charge in [0.25, 0.3) is 0 Å². The van der Waals surface area contributed by atoms with Crippen LogP contribution in [0.2, 0.25) is 0 Å². The molecule has 0 bridgehead atoms. The smallest absolute Gasteiger partial charge is 0.154 e. The molecule has 0 fully saturated rings. The molecule has 0 rings (SSSR count). The van der Waals surface area contributed by atoms with Crippen LogP contribution in [0.15, 0.2) is 11.8 Å². The molecule has 0 spiro atoms. The highest BCUT2D eigenvalue weighted by Crippen LogP contribution is 1.95. The Labute approximate surface area is 68.7 Å². The normalized spacial score (nSPS) is 11.4. The number of hydrogen-bond acceptors (Lipinski definition) is 2. The molecular formula is C9H17NO. The molecular weight excluding hydrogens is 138 g/mol. The molecule has 0 unspecified atom stereocenters. The van der Waals surface area contributed by atoms with E-state index in [2.05, 4.69) is 12.2 Å². The van der Waals surface area contributed by atoms with Crippen LogP contribution in [0.25, 0.3) is 0 Å². The Morgan fingerprint density at radius 2 is 2.09 bits per heavy atom. The van der Waals surface area contributed by atoms with Crippen LogP contribution < -0.4 is 5.32 Å². The summed E-state index contributed by atoms with van der Waals surface area (Å²) in [7, 11) is 0. The number of carbonyl (C=O) groups excluding carboxylic acids is 1. The van der Waals surface area contributed by atoms with Crippen molar-refractivity contribution in [2.75, 3.05) is 6.54 Å². The van der Waals surface area contributed by atoms with Gasteiger partial charge in [0.2, 0.25) is 0 Å². The van der Waals surface area contributed by atoms with Crippen LogP contribution in [0.4, 0.5) is 0 Å². The average Bonchev–Trinajstić information content (AvgIpc) is 1.97. The molecule has 64 valence electrons. The summed E-state index contributed by atoms with van der Waals surface area (Å²) >= 11 is 0. The van der Waals surface area contributed by atoms with Crippen molar-refractivity contribution in [3.05, 3.63) is 11.8 Å². The average molecular weight is 155 g/mol. The maximum atomic E-state index is 10.7. The molecule has 0 aromatic carbocycles. The molecule has 1 N–H and O–H groups in total. The Hall–Kier alpha value is -0.790. The molecule has 11 heavy (non-hydrogen) atoms. The van der Waals surface area contributed by atoms with E-state index in [-0.39, 0.29) is 5.78 Å². The van der Waals surface area contributed by atoms with Crippen molar-refractivity contribution in [1.29, 1.82) is 0 Å². The third-order valence-electron chi connectivity index (χ3n) is 1.36. The van der Waals surface area contributed by atoms with E-state index in [0.29, 0.717) is 0 Å². The molecule has 0 aliphatic heterocycles. The highest BCUT2D eigenvalue weighted by molar-refractivity contribution is 5.87. The van der Waals surface area contributed by atoms with E-state index in [1.165, 1.54) is 0 Å². The monoisotopic (exact) mass is 155 g/mol. The van der Waals surface area contributed by atoms with Crippen molar-refractivity contribution in [2.24, 2.45) is 0 Å². The van der Waals surface area contributed by atoms with E-state index in [1.54, 1.807) is 13.0 Å². The zero-order chi connectivity index (χ0) is 8.69. The van der Waals surface area contributed by atoms with Gasteiger partial charge in [0, 0.05) is 12.2 Å². The van der Waals surface area contributed by atoms with Crippen LogP contribution in [-0.2, 0) is 4.79 Å². The van der Waals surface area contributed by atoms with Gasteiger partial charge in [-0.1, -0.05) is 13.8 Å². The van der Waals surface area contributed by atoms with Crippen molar-refractivity contribution >= 4 is 5.78 Å². The minimum Gasteiger partial charge on any atom is -0.388 e. The maximum absolute atomic E-state index is 10.7. The molecule has 0 heterocycles. The summed E-state index contributed by atoms with van der Waals surface area (Å²) in [5.41, 5.74) is 1.04. The van der Waals surface area contributed by atoms with Gasteiger partial charge in [-0.2, -0.15) is 0 Å². The maximum Gasteiger partial charge on any atom is 0.154 e. The van der Waals surface area contributed by atoms with Gasteiger partial charge in [-0.05, 0) is 25.8 Å². The Balaban J connectivity index is 3.84. The molecule has 2 heteroatoms. The van der Waals surface area contributed by atoms with E-state index >= 15 is 0 Å². The van der Waals surface area contributed by atoms with Crippen LogP contribution in [-0.4, -0.2) is 12.3 Å². The minimum atomic E-state index is 0.116. The second-order valence-electron chi connectivity index (χ2n) is 2.56. The predicted octanol–water partition coefficient (Wildman–Crippen LogP) is 1.87. The topological polar surface area (TPSA) is 29.1 Å². The van der Waals surface area contributed by atoms with Crippen LogP contribution >= 0.6 is 0 Å². The summed E-state index contributed by atoms with van der Waals surface area (Å²) in [5.74, 6) is 0.116. The largest absolute Gasteiger partial charge is 0.388 e. The Bertz CT molecular complexity index is 150. The second kappa shape index (κ2) is 5.96. The molecule has 0 saturated carbocycles. The summed E-state index contributed by atoms with van der Waals surface area (Å²) in [6.07, 6.45) is 3.66. The Morgan fingerprint density at radius 1 is 1.45 bits per heavy atom. The molecule has 2 nitrogen and oxygen atoms in total. The zero-order valence-electron chi connectivity index (χ0n) is 7.61. The third kappa shape index (κ3) is 5.64.